The third-order valence-corrected chi connectivity index (χ3v) is 3.79. The molecule has 4 heteroatoms. The van der Waals surface area contributed by atoms with Crippen LogP contribution in [0.2, 0.25) is 0 Å². The normalized spacial score (nSPS) is 19.0. The van der Waals surface area contributed by atoms with E-state index in [1.807, 2.05) is 19.1 Å². The van der Waals surface area contributed by atoms with Crippen LogP contribution in [0.1, 0.15) is 18.5 Å². The van der Waals surface area contributed by atoms with Crippen LogP contribution in [0, 0.1) is 5.41 Å². The molecule has 1 aliphatic heterocycles. The maximum absolute atomic E-state index is 5.99. The maximum atomic E-state index is 5.99. The first-order valence-electron chi connectivity index (χ1n) is 6.80. The Hall–Kier alpha value is -1.10. The summed E-state index contributed by atoms with van der Waals surface area (Å²) in [5.74, 6) is 0.912. The third-order valence-electron chi connectivity index (χ3n) is 3.79. The molecule has 0 radical (unpaired) electrons. The Balaban J connectivity index is 2.24. The molecule has 4 nitrogen and oxygen atoms in total. The van der Waals surface area contributed by atoms with Gasteiger partial charge in [0.15, 0.2) is 0 Å². The summed E-state index contributed by atoms with van der Waals surface area (Å²) in [6.07, 6.45) is 0. The van der Waals surface area contributed by atoms with E-state index in [-0.39, 0.29) is 11.5 Å². The SMILES string of the molecule is CCOc1ccc(C(N(C)C)C2(CN)COC2)cc1. The van der Waals surface area contributed by atoms with Gasteiger partial charge in [-0.3, -0.25) is 0 Å². The summed E-state index contributed by atoms with van der Waals surface area (Å²) in [6.45, 7) is 4.80. The monoisotopic (exact) mass is 264 g/mol. The molecule has 1 aromatic rings. The Morgan fingerprint density at radius 2 is 1.95 bits per heavy atom. The van der Waals surface area contributed by atoms with Crippen LogP contribution in [0.4, 0.5) is 0 Å². The van der Waals surface area contributed by atoms with Crippen molar-refractivity contribution in [3.05, 3.63) is 29.8 Å². The molecule has 1 fully saturated rings. The zero-order chi connectivity index (χ0) is 13.9. The smallest absolute Gasteiger partial charge is 0.119 e. The largest absolute Gasteiger partial charge is 0.494 e. The topological polar surface area (TPSA) is 47.7 Å². The number of nitrogens with two attached hydrogens (primary N) is 1. The summed E-state index contributed by atoms with van der Waals surface area (Å²) < 4.78 is 10.9. The van der Waals surface area contributed by atoms with E-state index in [1.165, 1.54) is 5.56 Å². The highest BCUT2D eigenvalue weighted by atomic mass is 16.5. The van der Waals surface area contributed by atoms with Crippen LogP contribution in [-0.2, 0) is 4.74 Å². The summed E-state index contributed by atoms with van der Waals surface area (Å²) in [7, 11) is 4.19. The molecule has 106 valence electrons. The van der Waals surface area contributed by atoms with Crippen molar-refractivity contribution >= 4 is 0 Å². The second-order valence-corrected chi connectivity index (χ2v) is 5.43. The van der Waals surface area contributed by atoms with E-state index < -0.39 is 0 Å². The molecule has 1 aliphatic rings. The Morgan fingerprint density at radius 1 is 1.32 bits per heavy atom. The molecule has 0 amide bonds. The third kappa shape index (κ3) is 2.76. The van der Waals surface area contributed by atoms with Crippen molar-refractivity contribution in [3.63, 3.8) is 0 Å². The van der Waals surface area contributed by atoms with Crippen molar-refractivity contribution in [2.75, 3.05) is 40.5 Å². The minimum absolute atomic E-state index is 0.0383. The lowest BCUT2D eigenvalue weighted by atomic mass is 9.74. The maximum Gasteiger partial charge on any atom is 0.119 e. The van der Waals surface area contributed by atoms with E-state index >= 15 is 0 Å². The summed E-state index contributed by atoms with van der Waals surface area (Å²) in [4.78, 5) is 2.23. The van der Waals surface area contributed by atoms with Crippen LogP contribution in [0.25, 0.3) is 0 Å². The predicted molar refractivity (Wildman–Crippen MR) is 76.3 cm³/mol. The van der Waals surface area contributed by atoms with E-state index in [1.54, 1.807) is 0 Å². The quantitative estimate of drug-likeness (QED) is 0.849. The number of ether oxygens (including phenoxy) is 2. The van der Waals surface area contributed by atoms with Gasteiger partial charge >= 0.3 is 0 Å². The summed E-state index contributed by atoms with van der Waals surface area (Å²) in [5, 5.41) is 0. The fourth-order valence-corrected chi connectivity index (χ4v) is 2.86. The van der Waals surface area contributed by atoms with Crippen molar-refractivity contribution in [1.82, 2.24) is 4.90 Å². The number of hydrogen-bond donors (Lipinski definition) is 1. The first kappa shape index (κ1) is 14.3. The highest BCUT2D eigenvalue weighted by molar-refractivity contribution is 5.31. The summed E-state index contributed by atoms with van der Waals surface area (Å²) in [5.41, 5.74) is 7.30. The van der Waals surface area contributed by atoms with Gasteiger partial charge in [0, 0.05) is 18.0 Å². The lowest BCUT2D eigenvalue weighted by Gasteiger charge is -2.49. The lowest BCUT2D eigenvalue weighted by Crippen LogP contribution is -2.55. The molecule has 1 heterocycles. The van der Waals surface area contributed by atoms with Crippen LogP contribution in [0.3, 0.4) is 0 Å². The number of rotatable bonds is 6. The van der Waals surface area contributed by atoms with E-state index in [0.29, 0.717) is 13.2 Å². The zero-order valence-corrected chi connectivity index (χ0v) is 12.1. The van der Waals surface area contributed by atoms with Crippen molar-refractivity contribution in [1.29, 1.82) is 0 Å². The molecule has 1 saturated heterocycles. The van der Waals surface area contributed by atoms with Gasteiger partial charge in [-0.15, -0.1) is 0 Å². The minimum Gasteiger partial charge on any atom is -0.494 e. The zero-order valence-electron chi connectivity index (χ0n) is 12.1. The van der Waals surface area contributed by atoms with Crippen molar-refractivity contribution in [2.45, 2.75) is 13.0 Å². The average Bonchev–Trinajstić information content (AvgIpc) is 2.35. The van der Waals surface area contributed by atoms with Crippen molar-refractivity contribution in [3.8, 4) is 5.75 Å². The van der Waals surface area contributed by atoms with Gasteiger partial charge in [0.1, 0.15) is 5.75 Å². The van der Waals surface area contributed by atoms with E-state index in [2.05, 4.69) is 31.1 Å². The van der Waals surface area contributed by atoms with Gasteiger partial charge in [-0.1, -0.05) is 12.1 Å². The van der Waals surface area contributed by atoms with Gasteiger partial charge in [0.25, 0.3) is 0 Å². The molecule has 0 spiro atoms. The van der Waals surface area contributed by atoms with Gasteiger partial charge in [-0.25, -0.2) is 0 Å². The lowest BCUT2D eigenvalue weighted by molar-refractivity contribution is -0.145. The molecule has 0 aliphatic carbocycles. The first-order chi connectivity index (χ1) is 9.13. The summed E-state index contributed by atoms with van der Waals surface area (Å²) in [6, 6.07) is 8.59. The number of benzene rings is 1. The fourth-order valence-electron chi connectivity index (χ4n) is 2.86. The fraction of sp³-hybridized carbons (Fsp3) is 0.600. The molecular formula is C15H24N2O2. The first-order valence-corrected chi connectivity index (χ1v) is 6.80. The molecule has 0 bridgehead atoms. The number of nitrogens with zero attached hydrogens (tertiary/aromatic N) is 1. The van der Waals surface area contributed by atoms with E-state index in [9.17, 15) is 0 Å². The van der Waals surface area contributed by atoms with Crippen LogP contribution < -0.4 is 10.5 Å². The molecule has 2 N–H and O–H groups in total. The van der Waals surface area contributed by atoms with Gasteiger partial charge in [-0.2, -0.15) is 0 Å². The molecule has 1 unspecified atom stereocenters. The highest BCUT2D eigenvalue weighted by Gasteiger charge is 2.46. The Morgan fingerprint density at radius 3 is 2.32 bits per heavy atom. The molecule has 19 heavy (non-hydrogen) atoms. The molecule has 2 rings (SSSR count). The standard InChI is InChI=1S/C15H24N2O2/c1-4-19-13-7-5-12(6-8-13)14(17(2)3)15(9-16)10-18-11-15/h5-8,14H,4,9-11,16H2,1-3H3. The Labute approximate surface area is 115 Å². The molecule has 0 aromatic heterocycles. The second kappa shape index (κ2) is 5.90. The molecule has 1 aromatic carbocycles. The van der Waals surface area contributed by atoms with Crippen molar-refractivity contribution in [2.24, 2.45) is 11.1 Å². The van der Waals surface area contributed by atoms with Crippen LogP contribution in [0.15, 0.2) is 24.3 Å². The summed E-state index contributed by atoms with van der Waals surface area (Å²) >= 11 is 0. The average molecular weight is 264 g/mol. The molecule has 0 saturated carbocycles. The van der Waals surface area contributed by atoms with Crippen LogP contribution >= 0.6 is 0 Å². The van der Waals surface area contributed by atoms with Crippen LogP contribution in [-0.4, -0.2) is 45.4 Å². The highest BCUT2D eigenvalue weighted by Crippen LogP contribution is 2.42. The van der Waals surface area contributed by atoms with Gasteiger partial charge in [0.05, 0.1) is 19.8 Å². The van der Waals surface area contributed by atoms with E-state index in [0.717, 1.165) is 19.0 Å². The van der Waals surface area contributed by atoms with Crippen LogP contribution in [0.5, 0.6) is 5.75 Å². The predicted octanol–water partition coefficient (Wildman–Crippen LogP) is 1.66. The minimum atomic E-state index is 0.0383. The molecular weight excluding hydrogens is 240 g/mol. The molecule has 1 atom stereocenters. The Bertz CT molecular complexity index is 394. The van der Waals surface area contributed by atoms with Gasteiger partial charge in [0.2, 0.25) is 0 Å². The van der Waals surface area contributed by atoms with E-state index in [4.69, 9.17) is 15.2 Å². The van der Waals surface area contributed by atoms with Gasteiger partial charge in [-0.05, 0) is 38.7 Å². The Kier molecular flexibility index (Phi) is 4.45. The second-order valence-electron chi connectivity index (χ2n) is 5.43. The number of hydrogen-bond acceptors (Lipinski definition) is 4. The van der Waals surface area contributed by atoms with Crippen molar-refractivity contribution < 1.29 is 9.47 Å². The van der Waals surface area contributed by atoms with Gasteiger partial charge < -0.3 is 20.1 Å².